The fourth-order valence-electron chi connectivity index (χ4n) is 2.96. The SMILES string of the molecule is Cc1ccc(NC(=O)CSc2nnc(-c3ccc4c(c3)OCCCO4)n2C)cc1. The van der Waals surface area contributed by atoms with Crippen LogP contribution in [0.25, 0.3) is 11.4 Å². The zero-order chi connectivity index (χ0) is 20.2. The van der Waals surface area contributed by atoms with Crippen LogP contribution in [-0.2, 0) is 11.8 Å². The molecule has 1 amide bonds. The van der Waals surface area contributed by atoms with Gasteiger partial charge in [-0.1, -0.05) is 29.5 Å². The van der Waals surface area contributed by atoms with Crippen LogP contribution in [0.3, 0.4) is 0 Å². The van der Waals surface area contributed by atoms with Crippen LogP contribution in [0.1, 0.15) is 12.0 Å². The van der Waals surface area contributed by atoms with Crippen molar-refractivity contribution in [1.82, 2.24) is 14.8 Å². The number of fused-ring (bicyclic) bond motifs is 1. The summed E-state index contributed by atoms with van der Waals surface area (Å²) in [5.74, 6) is 2.34. The Morgan fingerprint density at radius 3 is 2.66 bits per heavy atom. The van der Waals surface area contributed by atoms with Gasteiger partial charge in [-0.25, -0.2) is 0 Å². The Balaban J connectivity index is 1.42. The second-order valence-corrected chi connectivity index (χ2v) is 7.72. The maximum atomic E-state index is 12.2. The van der Waals surface area contributed by atoms with Crippen LogP contribution in [0.4, 0.5) is 5.69 Å². The van der Waals surface area contributed by atoms with Gasteiger partial charge in [-0.15, -0.1) is 10.2 Å². The van der Waals surface area contributed by atoms with E-state index in [1.807, 2.05) is 61.0 Å². The zero-order valence-electron chi connectivity index (χ0n) is 16.3. The summed E-state index contributed by atoms with van der Waals surface area (Å²) in [6.07, 6.45) is 0.861. The molecule has 29 heavy (non-hydrogen) atoms. The highest BCUT2D eigenvalue weighted by atomic mass is 32.2. The predicted molar refractivity (Wildman–Crippen MR) is 113 cm³/mol. The molecule has 1 aliphatic heterocycles. The standard InChI is InChI=1S/C21H22N4O3S/c1-14-4-7-16(8-5-14)22-19(26)13-29-21-24-23-20(25(21)2)15-6-9-17-18(12-15)28-11-3-10-27-17/h4-9,12H,3,10-11,13H2,1-2H3,(H,22,26). The van der Waals surface area contributed by atoms with Crippen LogP contribution in [0.5, 0.6) is 11.5 Å². The lowest BCUT2D eigenvalue weighted by molar-refractivity contribution is -0.113. The number of aromatic nitrogens is 3. The minimum absolute atomic E-state index is 0.0843. The summed E-state index contributed by atoms with van der Waals surface area (Å²) < 4.78 is 13.3. The third kappa shape index (κ3) is 4.54. The Bertz CT molecular complexity index is 1020. The highest BCUT2D eigenvalue weighted by Gasteiger charge is 2.16. The van der Waals surface area contributed by atoms with Gasteiger partial charge >= 0.3 is 0 Å². The minimum Gasteiger partial charge on any atom is -0.490 e. The molecule has 0 bridgehead atoms. The number of carbonyl (C=O) groups is 1. The van der Waals surface area contributed by atoms with E-state index in [0.29, 0.717) is 24.2 Å². The quantitative estimate of drug-likeness (QED) is 0.647. The van der Waals surface area contributed by atoms with Gasteiger partial charge in [0.1, 0.15) is 0 Å². The predicted octanol–water partition coefficient (Wildman–Crippen LogP) is 3.68. The van der Waals surface area contributed by atoms with Crippen LogP contribution in [0.2, 0.25) is 0 Å². The molecule has 1 aliphatic rings. The van der Waals surface area contributed by atoms with Gasteiger partial charge < -0.3 is 19.4 Å². The molecule has 0 fully saturated rings. The number of amides is 1. The van der Waals surface area contributed by atoms with Crippen molar-refractivity contribution in [3.05, 3.63) is 48.0 Å². The van der Waals surface area contributed by atoms with Crippen molar-refractivity contribution in [3.63, 3.8) is 0 Å². The number of aryl methyl sites for hydroxylation is 1. The monoisotopic (exact) mass is 410 g/mol. The number of nitrogens with zero attached hydrogens (tertiary/aromatic N) is 3. The summed E-state index contributed by atoms with van der Waals surface area (Å²) in [6.45, 7) is 3.30. The summed E-state index contributed by atoms with van der Waals surface area (Å²) in [5, 5.41) is 12.1. The maximum absolute atomic E-state index is 12.2. The Morgan fingerprint density at radius 1 is 1.10 bits per heavy atom. The van der Waals surface area contributed by atoms with Gasteiger partial charge in [-0.3, -0.25) is 4.79 Å². The highest BCUT2D eigenvalue weighted by Crippen LogP contribution is 2.34. The third-order valence-electron chi connectivity index (χ3n) is 4.51. The molecular formula is C21H22N4O3S. The van der Waals surface area contributed by atoms with Crippen molar-refractivity contribution in [2.45, 2.75) is 18.5 Å². The Hall–Kier alpha value is -3.00. The van der Waals surface area contributed by atoms with E-state index in [1.165, 1.54) is 11.8 Å². The number of ether oxygens (including phenoxy) is 2. The molecule has 0 saturated carbocycles. The van der Waals surface area contributed by atoms with Gasteiger partial charge in [-0.2, -0.15) is 0 Å². The number of hydrogen-bond acceptors (Lipinski definition) is 6. The average molecular weight is 410 g/mol. The number of hydrogen-bond donors (Lipinski definition) is 1. The minimum atomic E-state index is -0.0843. The molecule has 2 heterocycles. The first-order chi connectivity index (χ1) is 14.1. The van der Waals surface area contributed by atoms with Gasteiger partial charge in [0, 0.05) is 24.7 Å². The lowest BCUT2D eigenvalue weighted by atomic mass is 10.2. The molecule has 8 heteroatoms. The van der Waals surface area contributed by atoms with Crippen LogP contribution in [0.15, 0.2) is 47.6 Å². The van der Waals surface area contributed by atoms with E-state index in [0.717, 1.165) is 34.7 Å². The summed E-state index contributed by atoms with van der Waals surface area (Å²) in [6, 6.07) is 13.5. The number of carbonyl (C=O) groups excluding carboxylic acids is 1. The van der Waals surface area contributed by atoms with E-state index < -0.39 is 0 Å². The van der Waals surface area contributed by atoms with Crippen molar-refractivity contribution in [2.75, 3.05) is 24.3 Å². The number of benzene rings is 2. The molecule has 1 N–H and O–H groups in total. The third-order valence-corrected chi connectivity index (χ3v) is 5.53. The van der Waals surface area contributed by atoms with Crippen molar-refractivity contribution in [2.24, 2.45) is 7.05 Å². The van der Waals surface area contributed by atoms with E-state index in [-0.39, 0.29) is 11.7 Å². The summed E-state index contributed by atoms with van der Waals surface area (Å²) >= 11 is 1.35. The fourth-order valence-corrected chi connectivity index (χ4v) is 3.67. The van der Waals surface area contributed by atoms with E-state index in [4.69, 9.17) is 9.47 Å². The first-order valence-electron chi connectivity index (χ1n) is 9.39. The molecule has 2 aromatic carbocycles. The normalized spacial score (nSPS) is 13.0. The second kappa shape index (κ2) is 8.57. The molecule has 150 valence electrons. The van der Waals surface area contributed by atoms with Gasteiger partial charge in [-0.05, 0) is 37.3 Å². The van der Waals surface area contributed by atoms with Crippen LogP contribution in [0, 0.1) is 6.92 Å². The summed E-state index contributed by atoms with van der Waals surface area (Å²) in [4.78, 5) is 12.2. The van der Waals surface area contributed by atoms with Crippen molar-refractivity contribution < 1.29 is 14.3 Å². The van der Waals surface area contributed by atoms with Crippen LogP contribution in [-0.4, -0.2) is 39.6 Å². The van der Waals surface area contributed by atoms with Crippen molar-refractivity contribution in [3.8, 4) is 22.9 Å². The molecule has 0 aliphatic carbocycles. The second-order valence-electron chi connectivity index (χ2n) is 6.78. The Labute approximate surface area is 173 Å². The number of nitrogens with one attached hydrogen (secondary N) is 1. The van der Waals surface area contributed by atoms with Crippen molar-refractivity contribution >= 4 is 23.4 Å². The van der Waals surface area contributed by atoms with E-state index in [1.54, 1.807) is 0 Å². The topological polar surface area (TPSA) is 78.3 Å². The van der Waals surface area contributed by atoms with E-state index in [9.17, 15) is 4.79 Å². The Kier molecular flexibility index (Phi) is 5.71. The molecule has 0 unspecified atom stereocenters. The van der Waals surface area contributed by atoms with Crippen molar-refractivity contribution in [1.29, 1.82) is 0 Å². The molecule has 4 rings (SSSR count). The van der Waals surface area contributed by atoms with Gasteiger partial charge in [0.25, 0.3) is 0 Å². The largest absolute Gasteiger partial charge is 0.490 e. The molecule has 7 nitrogen and oxygen atoms in total. The molecule has 1 aromatic heterocycles. The lowest BCUT2D eigenvalue weighted by Crippen LogP contribution is -2.14. The van der Waals surface area contributed by atoms with Gasteiger partial charge in [0.15, 0.2) is 22.5 Å². The molecule has 0 saturated heterocycles. The maximum Gasteiger partial charge on any atom is 0.234 e. The number of thioether (sulfide) groups is 1. The van der Waals surface area contributed by atoms with Gasteiger partial charge in [0.2, 0.25) is 5.91 Å². The molecule has 0 radical (unpaired) electrons. The first kappa shape index (κ1) is 19.3. The Morgan fingerprint density at radius 2 is 1.86 bits per heavy atom. The average Bonchev–Trinajstić information content (AvgIpc) is 2.93. The highest BCUT2D eigenvalue weighted by molar-refractivity contribution is 7.99. The smallest absolute Gasteiger partial charge is 0.234 e. The zero-order valence-corrected chi connectivity index (χ0v) is 17.2. The van der Waals surface area contributed by atoms with Crippen LogP contribution < -0.4 is 14.8 Å². The summed E-state index contributed by atoms with van der Waals surface area (Å²) in [5.41, 5.74) is 2.83. The number of anilines is 1. The number of rotatable bonds is 5. The van der Waals surface area contributed by atoms with Crippen LogP contribution >= 0.6 is 11.8 Å². The first-order valence-corrected chi connectivity index (χ1v) is 10.4. The van der Waals surface area contributed by atoms with E-state index in [2.05, 4.69) is 15.5 Å². The van der Waals surface area contributed by atoms with Gasteiger partial charge in [0.05, 0.1) is 19.0 Å². The fraction of sp³-hybridized carbons (Fsp3) is 0.286. The molecule has 3 aromatic rings. The summed E-state index contributed by atoms with van der Waals surface area (Å²) in [7, 11) is 1.89. The molecular weight excluding hydrogens is 388 g/mol. The molecule has 0 atom stereocenters. The van der Waals surface area contributed by atoms with E-state index >= 15 is 0 Å². The molecule has 0 spiro atoms. The lowest BCUT2D eigenvalue weighted by Gasteiger charge is -2.09.